The number of halogens is 1. The van der Waals surface area contributed by atoms with Gasteiger partial charge in [0, 0.05) is 30.1 Å². The summed E-state index contributed by atoms with van der Waals surface area (Å²) in [5.41, 5.74) is 2.04. The minimum Gasteiger partial charge on any atom is -0.491 e. The summed E-state index contributed by atoms with van der Waals surface area (Å²) in [5, 5.41) is 4.86. The van der Waals surface area contributed by atoms with E-state index in [-0.39, 0.29) is 11.7 Å². The number of carbonyl (C=O) groups excluding carboxylic acids is 1. The van der Waals surface area contributed by atoms with Crippen molar-refractivity contribution in [2.24, 2.45) is 0 Å². The average molecular weight is 527 g/mol. The maximum absolute atomic E-state index is 14.6. The largest absolute Gasteiger partial charge is 0.491 e. The number of hydrogen-bond acceptors (Lipinski definition) is 4. The van der Waals surface area contributed by atoms with E-state index in [4.69, 9.17) is 4.74 Å². The number of carbonyl (C=O) groups is 1. The van der Waals surface area contributed by atoms with Crippen molar-refractivity contribution in [2.45, 2.75) is 90.5 Å². The summed E-state index contributed by atoms with van der Waals surface area (Å²) in [7, 11) is 0. The molecule has 2 aromatic rings. The fraction of sp³-hybridized carbons (Fsp3) is 0.516. The molecule has 0 saturated carbocycles. The summed E-state index contributed by atoms with van der Waals surface area (Å²) in [6.45, 7) is 3.52. The lowest BCUT2D eigenvalue weighted by Gasteiger charge is -2.15. The minimum atomic E-state index is -0.455. The maximum atomic E-state index is 14.6. The van der Waals surface area contributed by atoms with Gasteiger partial charge in [-0.2, -0.15) is 0 Å². The van der Waals surface area contributed by atoms with Crippen molar-refractivity contribution in [1.82, 2.24) is 4.90 Å². The van der Waals surface area contributed by atoms with Gasteiger partial charge in [0.25, 0.3) is 5.91 Å². The Balaban J connectivity index is 1.30. The highest BCUT2D eigenvalue weighted by molar-refractivity contribution is 8.02. The number of unbranched alkanes of at least 4 members (excludes halogenated alkanes) is 11. The molecule has 37 heavy (non-hydrogen) atoms. The number of hydrogen-bond donors (Lipinski definition) is 1. The molecule has 0 bridgehead atoms. The second-order valence-corrected chi connectivity index (χ2v) is 10.7. The molecule has 2 aromatic carbocycles. The summed E-state index contributed by atoms with van der Waals surface area (Å²) < 4.78 is 20.2. The first-order valence-corrected chi connectivity index (χ1v) is 15.1. The van der Waals surface area contributed by atoms with Crippen LogP contribution in [0.5, 0.6) is 5.75 Å². The number of thioether (sulfide) groups is 1. The second-order valence-electron chi connectivity index (χ2n) is 9.87. The zero-order chi connectivity index (χ0) is 26.1. The predicted molar refractivity (Wildman–Crippen MR) is 155 cm³/mol. The zero-order valence-corrected chi connectivity index (χ0v) is 23.2. The molecule has 1 N–H and O–H groups in total. The van der Waals surface area contributed by atoms with Gasteiger partial charge in [0.1, 0.15) is 0 Å². The van der Waals surface area contributed by atoms with Crippen LogP contribution < -0.4 is 10.1 Å². The molecule has 0 unspecified atom stereocenters. The predicted octanol–water partition coefficient (Wildman–Crippen LogP) is 9.14. The molecule has 1 aliphatic rings. The third-order valence-corrected chi connectivity index (χ3v) is 7.42. The van der Waals surface area contributed by atoms with E-state index in [9.17, 15) is 9.18 Å². The van der Waals surface area contributed by atoms with Gasteiger partial charge in [0.05, 0.1) is 12.5 Å². The summed E-state index contributed by atoms with van der Waals surface area (Å²) in [4.78, 5) is 14.9. The Bertz CT molecular complexity index is 981. The van der Waals surface area contributed by atoms with Crippen LogP contribution in [0.3, 0.4) is 0 Å². The topological polar surface area (TPSA) is 41.6 Å². The van der Waals surface area contributed by atoms with E-state index in [1.807, 2.05) is 18.2 Å². The lowest BCUT2D eigenvalue weighted by Crippen LogP contribution is -2.15. The van der Waals surface area contributed by atoms with Crippen molar-refractivity contribution in [3.63, 3.8) is 0 Å². The van der Waals surface area contributed by atoms with E-state index in [0.29, 0.717) is 17.9 Å². The van der Waals surface area contributed by atoms with Crippen LogP contribution in [0.2, 0.25) is 0 Å². The summed E-state index contributed by atoms with van der Waals surface area (Å²) >= 11 is 1.75. The molecule has 1 heterocycles. The van der Waals surface area contributed by atoms with Crippen LogP contribution in [0.1, 0.15) is 99.9 Å². The van der Waals surface area contributed by atoms with Crippen LogP contribution in [0.15, 0.2) is 54.1 Å². The first-order valence-electron chi connectivity index (χ1n) is 14.0. The summed E-state index contributed by atoms with van der Waals surface area (Å²) in [5.74, 6) is 0.449. The maximum Gasteiger partial charge on any atom is 0.255 e. The number of ether oxygens (including phenoxy) is 1. The van der Waals surface area contributed by atoms with Gasteiger partial charge in [-0.05, 0) is 41.7 Å². The highest BCUT2D eigenvalue weighted by Crippen LogP contribution is 2.23. The molecule has 1 aliphatic heterocycles. The number of nitrogens with zero attached hydrogens (tertiary/aromatic N) is 1. The quantitative estimate of drug-likeness (QED) is 0.197. The van der Waals surface area contributed by atoms with Crippen LogP contribution in [0.25, 0.3) is 0 Å². The Labute approximate surface area is 227 Å². The fourth-order valence-corrected chi connectivity index (χ4v) is 5.19. The van der Waals surface area contributed by atoms with Gasteiger partial charge in [-0.1, -0.05) is 89.7 Å². The van der Waals surface area contributed by atoms with Gasteiger partial charge in [-0.15, -0.1) is 11.8 Å². The first kappa shape index (κ1) is 29.1. The number of rotatable bonds is 18. The minimum absolute atomic E-state index is 0.236. The van der Waals surface area contributed by atoms with Crippen LogP contribution in [-0.2, 0) is 6.54 Å². The highest BCUT2D eigenvalue weighted by Gasteiger charge is 2.11. The lowest BCUT2D eigenvalue weighted by molar-refractivity contribution is 0.102. The highest BCUT2D eigenvalue weighted by atomic mass is 32.2. The van der Waals surface area contributed by atoms with Gasteiger partial charge in [0.2, 0.25) is 0 Å². The number of anilines is 1. The molecule has 0 radical (unpaired) electrons. The number of nitrogens with one attached hydrogen (secondary N) is 1. The normalized spacial score (nSPS) is 12.8. The van der Waals surface area contributed by atoms with E-state index >= 15 is 0 Å². The molecule has 0 fully saturated rings. The Morgan fingerprint density at radius 1 is 0.946 bits per heavy atom. The standard InChI is InChI=1S/C31H43FN2O2S/c1-2-3-4-5-6-7-8-9-10-11-12-13-20-36-30-18-17-28(23-29(30)32)33-31(35)27-16-14-15-26(22-27)24-34-19-21-37-25-34/h14-19,21-23H,2-13,20,24-25H2,1H3,(H,33,35). The molecular formula is C31H43FN2O2S. The van der Waals surface area contributed by atoms with Crippen molar-refractivity contribution >= 4 is 23.4 Å². The molecule has 0 saturated heterocycles. The molecule has 3 rings (SSSR count). The van der Waals surface area contributed by atoms with Gasteiger partial charge in [0.15, 0.2) is 11.6 Å². The van der Waals surface area contributed by atoms with Gasteiger partial charge in [-0.25, -0.2) is 4.39 Å². The molecule has 0 aliphatic carbocycles. The lowest BCUT2D eigenvalue weighted by atomic mass is 10.1. The van der Waals surface area contributed by atoms with Crippen LogP contribution >= 0.6 is 11.8 Å². The first-order chi connectivity index (χ1) is 18.2. The molecule has 4 nitrogen and oxygen atoms in total. The Morgan fingerprint density at radius 2 is 1.65 bits per heavy atom. The third-order valence-electron chi connectivity index (χ3n) is 6.63. The van der Waals surface area contributed by atoms with Gasteiger partial charge >= 0.3 is 0 Å². The van der Waals surface area contributed by atoms with E-state index in [1.54, 1.807) is 30.0 Å². The van der Waals surface area contributed by atoms with E-state index in [0.717, 1.165) is 30.8 Å². The Hall–Kier alpha value is -2.47. The van der Waals surface area contributed by atoms with Crippen LogP contribution in [-0.4, -0.2) is 23.3 Å². The van der Waals surface area contributed by atoms with E-state index in [2.05, 4.69) is 28.7 Å². The third kappa shape index (κ3) is 11.2. The monoisotopic (exact) mass is 526 g/mol. The molecule has 0 spiro atoms. The summed E-state index contributed by atoms with van der Waals surface area (Å²) in [6, 6.07) is 12.2. The molecular weight excluding hydrogens is 483 g/mol. The molecule has 202 valence electrons. The van der Waals surface area contributed by atoms with Crippen LogP contribution in [0, 0.1) is 5.82 Å². The SMILES string of the molecule is CCCCCCCCCCCCCCOc1ccc(NC(=O)c2cccc(CN3C=CSC3)c2)cc1F. The van der Waals surface area contributed by atoms with Gasteiger partial charge < -0.3 is 15.0 Å². The van der Waals surface area contributed by atoms with E-state index in [1.165, 1.54) is 70.3 Å². The van der Waals surface area contributed by atoms with Crippen molar-refractivity contribution in [3.8, 4) is 5.75 Å². The number of benzene rings is 2. The Kier molecular flexibility index (Phi) is 13.5. The molecule has 0 aromatic heterocycles. The van der Waals surface area contributed by atoms with E-state index < -0.39 is 5.82 Å². The number of amides is 1. The molecule has 6 heteroatoms. The fourth-order valence-electron chi connectivity index (χ4n) is 4.48. The second kappa shape index (κ2) is 17.1. The Morgan fingerprint density at radius 3 is 2.30 bits per heavy atom. The van der Waals surface area contributed by atoms with Crippen molar-refractivity contribution in [3.05, 3.63) is 71.0 Å². The summed E-state index contributed by atoms with van der Waals surface area (Å²) in [6.07, 6.45) is 17.4. The van der Waals surface area contributed by atoms with Crippen molar-refractivity contribution in [2.75, 3.05) is 17.8 Å². The van der Waals surface area contributed by atoms with Gasteiger partial charge in [-0.3, -0.25) is 4.79 Å². The van der Waals surface area contributed by atoms with Crippen LogP contribution in [0.4, 0.5) is 10.1 Å². The van der Waals surface area contributed by atoms with Crippen molar-refractivity contribution < 1.29 is 13.9 Å². The molecule has 0 atom stereocenters. The smallest absolute Gasteiger partial charge is 0.255 e. The molecule has 1 amide bonds. The van der Waals surface area contributed by atoms with Crippen molar-refractivity contribution in [1.29, 1.82) is 0 Å². The average Bonchev–Trinajstić information content (AvgIpc) is 3.41. The zero-order valence-electron chi connectivity index (χ0n) is 22.4.